The van der Waals surface area contributed by atoms with Gasteiger partial charge in [-0.05, 0) is 26.7 Å². The predicted molar refractivity (Wildman–Crippen MR) is 60.6 cm³/mol. The van der Waals surface area contributed by atoms with Gasteiger partial charge < -0.3 is 10.1 Å². The SMILES string of the molecule is CC(C)OCCNC(=O)C1(C#N)CCCC1. The highest BCUT2D eigenvalue weighted by atomic mass is 16.5. The van der Waals surface area contributed by atoms with Crippen LogP contribution in [0.2, 0.25) is 0 Å². The summed E-state index contributed by atoms with van der Waals surface area (Å²) in [6.07, 6.45) is 3.52. The molecule has 0 bridgehead atoms. The van der Waals surface area contributed by atoms with E-state index in [1.165, 1.54) is 0 Å². The fourth-order valence-corrected chi connectivity index (χ4v) is 2.00. The van der Waals surface area contributed by atoms with E-state index >= 15 is 0 Å². The zero-order valence-electron chi connectivity index (χ0n) is 10.1. The number of ether oxygens (including phenoxy) is 1. The third-order valence-electron chi connectivity index (χ3n) is 2.94. The molecule has 16 heavy (non-hydrogen) atoms. The quantitative estimate of drug-likeness (QED) is 0.722. The van der Waals surface area contributed by atoms with E-state index < -0.39 is 5.41 Å². The van der Waals surface area contributed by atoms with Crippen molar-refractivity contribution in [2.24, 2.45) is 5.41 Å². The van der Waals surface area contributed by atoms with E-state index in [2.05, 4.69) is 11.4 Å². The molecule has 0 unspecified atom stereocenters. The largest absolute Gasteiger partial charge is 0.377 e. The van der Waals surface area contributed by atoms with E-state index in [4.69, 9.17) is 10.00 Å². The first-order valence-electron chi connectivity index (χ1n) is 5.92. The molecule has 0 radical (unpaired) electrons. The Morgan fingerprint density at radius 3 is 2.62 bits per heavy atom. The summed E-state index contributed by atoms with van der Waals surface area (Å²) < 4.78 is 5.32. The van der Waals surface area contributed by atoms with Gasteiger partial charge in [0.1, 0.15) is 5.41 Å². The summed E-state index contributed by atoms with van der Waals surface area (Å²) in [5.74, 6) is -0.125. The zero-order valence-corrected chi connectivity index (χ0v) is 10.1. The molecule has 0 saturated heterocycles. The van der Waals surface area contributed by atoms with Crippen molar-refractivity contribution in [1.82, 2.24) is 5.32 Å². The van der Waals surface area contributed by atoms with E-state index in [9.17, 15) is 4.79 Å². The molecule has 1 aliphatic carbocycles. The van der Waals surface area contributed by atoms with Gasteiger partial charge in [0.05, 0.1) is 18.8 Å². The van der Waals surface area contributed by atoms with Crippen molar-refractivity contribution in [2.75, 3.05) is 13.2 Å². The topological polar surface area (TPSA) is 62.1 Å². The van der Waals surface area contributed by atoms with Crippen LogP contribution in [0.5, 0.6) is 0 Å². The molecule has 0 aromatic heterocycles. The minimum absolute atomic E-state index is 0.125. The number of nitriles is 1. The highest BCUT2D eigenvalue weighted by Gasteiger charge is 2.41. The second-order valence-corrected chi connectivity index (χ2v) is 4.58. The van der Waals surface area contributed by atoms with Crippen molar-refractivity contribution in [3.63, 3.8) is 0 Å². The molecule has 0 aromatic rings. The Bertz CT molecular complexity index is 275. The van der Waals surface area contributed by atoms with Gasteiger partial charge in [0.2, 0.25) is 5.91 Å². The average Bonchev–Trinajstić information content (AvgIpc) is 2.73. The molecular weight excluding hydrogens is 204 g/mol. The maximum atomic E-state index is 11.9. The van der Waals surface area contributed by atoms with Crippen molar-refractivity contribution in [3.05, 3.63) is 0 Å². The van der Waals surface area contributed by atoms with Crippen LogP contribution in [0.4, 0.5) is 0 Å². The molecule has 0 atom stereocenters. The maximum Gasteiger partial charge on any atom is 0.240 e. The van der Waals surface area contributed by atoms with Gasteiger partial charge in [-0.2, -0.15) is 5.26 Å². The van der Waals surface area contributed by atoms with Crippen molar-refractivity contribution >= 4 is 5.91 Å². The summed E-state index contributed by atoms with van der Waals surface area (Å²) in [5, 5.41) is 11.9. The van der Waals surface area contributed by atoms with Crippen LogP contribution < -0.4 is 5.32 Å². The van der Waals surface area contributed by atoms with Crippen LogP contribution in [-0.2, 0) is 9.53 Å². The average molecular weight is 224 g/mol. The first-order chi connectivity index (χ1) is 7.60. The van der Waals surface area contributed by atoms with Crippen molar-refractivity contribution in [2.45, 2.75) is 45.6 Å². The summed E-state index contributed by atoms with van der Waals surface area (Å²) in [7, 11) is 0. The van der Waals surface area contributed by atoms with Crippen LogP contribution in [0.1, 0.15) is 39.5 Å². The third-order valence-corrected chi connectivity index (χ3v) is 2.94. The number of hydrogen-bond acceptors (Lipinski definition) is 3. The highest BCUT2D eigenvalue weighted by Crippen LogP contribution is 2.37. The molecule has 1 saturated carbocycles. The number of carbonyl (C=O) groups is 1. The van der Waals surface area contributed by atoms with Crippen molar-refractivity contribution < 1.29 is 9.53 Å². The van der Waals surface area contributed by atoms with E-state index in [1.807, 2.05) is 13.8 Å². The van der Waals surface area contributed by atoms with Gasteiger partial charge >= 0.3 is 0 Å². The van der Waals surface area contributed by atoms with E-state index in [-0.39, 0.29) is 12.0 Å². The third kappa shape index (κ3) is 3.21. The Morgan fingerprint density at radius 1 is 1.50 bits per heavy atom. The van der Waals surface area contributed by atoms with Gasteiger partial charge in [-0.25, -0.2) is 0 Å². The normalized spacial score (nSPS) is 18.4. The molecule has 1 fully saturated rings. The molecule has 0 aromatic carbocycles. The Morgan fingerprint density at radius 2 is 2.12 bits per heavy atom. The molecule has 0 aliphatic heterocycles. The van der Waals surface area contributed by atoms with Gasteiger partial charge in [-0.1, -0.05) is 12.8 Å². The lowest BCUT2D eigenvalue weighted by Gasteiger charge is -2.19. The zero-order chi connectivity index (χ0) is 12.0. The van der Waals surface area contributed by atoms with E-state index in [1.54, 1.807) is 0 Å². The number of nitrogens with zero attached hydrogens (tertiary/aromatic N) is 1. The van der Waals surface area contributed by atoms with Crippen LogP contribution in [0.15, 0.2) is 0 Å². The summed E-state index contributed by atoms with van der Waals surface area (Å²) in [5.41, 5.74) is -0.766. The molecule has 0 spiro atoms. The Labute approximate surface area is 97.0 Å². The van der Waals surface area contributed by atoms with Crippen LogP contribution in [0.3, 0.4) is 0 Å². The lowest BCUT2D eigenvalue weighted by Crippen LogP contribution is -2.39. The monoisotopic (exact) mass is 224 g/mol. The lowest BCUT2D eigenvalue weighted by molar-refractivity contribution is -0.128. The number of nitrogens with one attached hydrogen (secondary N) is 1. The number of hydrogen-bond donors (Lipinski definition) is 1. The minimum atomic E-state index is -0.766. The van der Waals surface area contributed by atoms with Gasteiger partial charge in [0.15, 0.2) is 0 Å². The van der Waals surface area contributed by atoms with Crippen LogP contribution in [-0.4, -0.2) is 25.2 Å². The first kappa shape index (κ1) is 13.0. The molecule has 1 aliphatic rings. The van der Waals surface area contributed by atoms with Crippen LogP contribution in [0, 0.1) is 16.7 Å². The second-order valence-electron chi connectivity index (χ2n) is 4.58. The summed E-state index contributed by atoms with van der Waals surface area (Å²) in [4.78, 5) is 11.9. The Kier molecular flexibility index (Phi) is 4.75. The van der Waals surface area contributed by atoms with Crippen LogP contribution >= 0.6 is 0 Å². The van der Waals surface area contributed by atoms with Gasteiger partial charge in [0, 0.05) is 6.54 Å². The fourth-order valence-electron chi connectivity index (χ4n) is 2.00. The van der Waals surface area contributed by atoms with Gasteiger partial charge in [-0.3, -0.25) is 4.79 Å². The molecule has 1 N–H and O–H groups in total. The number of rotatable bonds is 5. The second kappa shape index (κ2) is 5.86. The highest BCUT2D eigenvalue weighted by molar-refractivity contribution is 5.85. The molecule has 4 heteroatoms. The van der Waals surface area contributed by atoms with Crippen molar-refractivity contribution in [3.8, 4) is 6.07 Å². The molecule has 1 amide bonds. The fraction of sp³-hybridized carbons (Fsp3) is 0.833. The Hall–Kier alpha value is -1.08. The van der Waals surface area contributed by atoms with Crippen molar-refractivity contribution in [1.29, 1.82) is 5.26 Å². The number of amides is 1. The van der Waals surface area contributed by atoms with Crippen LogP contribution in [0.25, 0.3) is 0 Å². The van der Waals surface area contributed by atoms with E-state index in [0.29, 0.717) is 26.0 Å². The van der Waals surface area contributed by atoms with Gasteiger partial charge in [0.25, 0.3) is 0 Å². The summed E-state index contributed by atoms with van der Waals surface area (Å²) in [6.45, 7) is 4.90. The molecular formula is C12H20N2O2. The molecule has 1 rings (SSSR count). The Balaban J connectivity index is 2.31. The summed E-state index contributed by atoms with van der Waals surface area (Å²) >= 11 is 0. The predicted octanol–water partition coefficient (Wildman–Crippen LogP) is 1.61. The molecule has 90 valence electrons. The standard InChI is InChI=1S/C12H20N2O2/c1-10(2)16-8-7-14-11(15)12(9-13)5-3-4-6-12/h10H,3-8H2,1-2H3,(H,14,15). The number of carbonyl (C=O) groups excluding carboxylic acids is 1. The lowest BCUT2D eigenvalue weighted by atomic mass is 9.87. The molecule has 0 heterocycles. The summed E-state index contributed by atoms with van der Waals surface area (Å²) in [6, 6.07) is 2.17. The molecule has 4 nitrogen and oxygen atoms in total. The first-order valence-corrected chi connectivity index (χ1v) is 5.92. The van der Waals surface area contributed by atoms with E-state index in [0.717, 1.165) is 12.8 Å². The minimum Gasteiger partial charge on any atom is -0.377 e. The maximum absolute atomic E-state index is 11.9. The van der Waals surface area contributed by atoms with Gasteiger partial charge in [-0.15, -0.1) is 0 Å². The smallest absolute Gasteiger partial charge is 0.240 e.